The normalized spacial score (nSPS) is 15.5. The average molecular weight is 283 g/mol. The highest BCUT2D eigenvalue weighted by atomic mass is 16.5. The Morgan fingerprint density at radius 1 is 0.952 bits per heavy atom. The maximum absolute atomic E-state index is 6.32. The molecule has 2 aromatic rings. The molecule has 21 heavy (non-hydrogen) atoms. The Labute approximate surface area is 125 Å². The molecule has 2 aromatic carbocycles. The Bertz CT molecular complexity index is 573. The van der Waals surface area contributed by atoms with Gasteiger partial charge in [-0.3, -0.25) is 0 Å². The lowest BCUT2D eigenvalue weighted by Gasteiger charge is -2.14. The summed E-state index contributed by atoms with van der Waals surface area (Å²) in [6.07, 6.45) is 2.77. The molecule has 0 radical (unpaired) electrons. The van der Waals surface area contributed by atoms with Crippen molar-refractivity contribution in [3.8, 4) is 11.5 Å². The minimum Gasteiger partial charge on any atom is -0.494 e. The van der Waals surface area contributed by atoms with E-state index < -0.39 is 0 Å². The number of ether oxygens (including phenoxy) is 2. The molecule has 0 bridgehead atoms. The van der Waals surface area contributed by atoms with E-state index in [1.54, 1.807) is 0 Å². The quantitative estimate of drug-likeness (QED) is 0.879. The Morgan fingerprint density at radius 3 is 1.95 bits per heavy atom. The Hall–Kier alpha value is -2.00. The third-order valence-corrected chi connectivity index (χ3v) is 3.62. The second-order valence-corrected chi connectivity index (χ2v) is 5.37. The molecule has 3 heteroatoms. The molecule has 3 nitrogen and oxygen atoms in total. The lowest BCUT2D eigenvalue weighted by atomic mass is 9.99. The molecule has 0 saturated heterocycles. The third kappa shape index (κ3) is 3.56. The zero-order chi connectivity index (χ0) is 14.7. The second-order valence-electron chi connectivity index (χ2n) is 5.37. The van der Waals surface area contributed by atoms with E-state index in [0.29, 0.717) is 12.7 Å². The van der Waals surface area contributed by atoms with Crippen LogP contribution in [0.15, 0.2) is 48.5 Å². The Kier molecular flexibility index (Phi) is 4.11. The fourth-order valence-corrected chi connectivity index (χ4v) is 2.26. The van der Waals surface area contributed by atoms with Crippen molar-refractivity contribution in [2.24, 2.45) is 5.73 Å². The second kappa shape index (κ2) is 6.19. The highest BCUT2D eigenvalue weighted by molar-refractivity contribution is 5.37. The average Bonchev–Trinajstić information content (AvgIpc) is 3.32. The van der Waals surface area contributed by atoms with E-state index in [1.165, 1.54) is 12.8 Å². The molecule has 1 aliphatic rings. The lowest BCUT2D eigenvalue weighted by molar-refractivity contribution is 0.303. The van der Waals surface area contributed by atoms with E-state index in [9.17, 15) is 0 Å². The summed E-state index contributed by atoms with van der Waals surface area (Å²) in [5.74, 6) is 1.81. The summed E-state index contributed by atoms with van der Waals surface area (Å²) in [4.78, 5) is 0. The first-order valence-corrected chi connectivity index (χ1v) is 7.51. The maximum atomic E-state index is 6.32. The Balaban J connectivity index is 1.69. The van der Waals surface area contributed by atoms with Crippen molar-refractivity contribution in [3.05, 3.63) is 59.7 Å². The highest BCUT2D eigenvalue weighted by Crippen LogP contribution is 2.28. The Morgan fingerprint density at radius 2 is 1.48 bits per heavy atom. The monoisotopic (exact) mass is 283 g/mol. The molecule has 0 spiro atoms. The molecule has 2 N–H and O–H groups in total. The zero-order valence-corrected chi connectivity index (χ0v) is 12.3. The molecule has 0 aromatic heterocycles. The molecule has 1 unspecified atom stereocenters. The first kappa shape index (κ1) is 14.0. The van der Waals surface area contributed by atoms with Crippen LogP contribution < -0.4 is 15.2 Å². The number of hydrogen-bond donors (Lipinski definition) is 1. The van der Waals surface area contributed by atoms with Crippen LogP contribution in [0.5, 0.6) is 11.5 Å². The zero-order valence-electron chi connectivity index (χ0n) is 12.3. The van der Waals surface area contributed by atoms with Crippen molar-refractivity contribution in [2.45, 2.75) is 31.9 Å². The highest BCUT2D eigenvalue weighted by Gasteiger charge is 2.23. The van der Waals surface area contributed by atoms with Crippen LogP contribution >= 0.6 is 0 Å². The smallest absolute Gasteiger partial charge is 0.119 e. The molecule has 1 fully saturated rings. The van der Waals surface area contributed by atoms with Gasteiger partial charge in [-0.25, -0.2) is 0 Å². The van der Waals surface area contributed by atoms with E-state index >= 15 is 0 Å². The van der Waals surface area contributed by atoms with Crippen LogP contribution in [0, 0.1) is 0 Å². The lowest BCUT2D eigenvalue weighted by Crippen LogP contribution is -2.11. The van der Waals surface area contributed by atoms with Crippen LogP contribution in [-0.4, -0.2) is 12.7 Å². The minimum atomic E-state index is -0.129. The largest absolute Gasteiger partial charge is 0.494 e. The van der Waals surface area contributed by atoms with Gasteiger partial charge in [0.05, 0.1) is 18.8 Å². The molecular weight excluding hydrogens is 262 g/mol. The van der Waals surface area contributed by atoms with Gasteiger partial charge in [-0.15, -0.1) is 0 Å². The van der Waals surface area contributed by atoms with Gasteiger partial charge in [0, 0.05) is 0 Å². The fraction of sp³-hybridized carbons (Fsp3) is 0.333. The summed E-state index contributed by atoms with van der Waals surface area (Å²) >= 11 is 0. The molecule has 3 rings (SSSR count). The number of rotatable bonds is 6. The van der Waals surface area contributed by atoms with E-state index in [1.807, 2.05) is 55.5 Å². The van der Waals surface area contributed by atoms with Crippen molar-refractivity contribution in [1.82, 2.24) is 0 Å². The van der Waals surface area contributed by atoms with Crippen molar-refractivity contribution in [2.75, 3.05) is 6.61 Å². The van der Waals surface area contributed by atoms with Gasteiger partial charge in [-0.05, 0) is 55.2 Å². The van der Waals surface area contributed by atoms with Crippen molar-refractivity contribution >= 4 is 0 Å². The molecule has 1 saturated carbocycles. The molecular formula is C18H21NO2. The van der Waals surface area contributed by atoms with Crippen LogP contribution in [0.1, 0.15) is 36.9 Å². The minimum absolute atomic E-state index is 0.129. The SMILES string of the molecule is CCOc1ccc(C(N)c2ccc(OC3CC3)cc2)cc1. The standard InChI is InChI=1S/C18H21NO2/c1-2-20-15-7-3-13(4-8-15)18(19)14-5-9-16(10-6-14)21-17-11-12-17/h3-10,17-18H,2,11-12,19H2,1H3. The first-order valence-electron chi connectivity index (χ1n) is 7.51. The molecule has 110 valence electrons. The summed E-state index contributed by atoms with van der Waals surface area (Å²) in [7, 11) is 0. The van der Waals surface area contributed by atoms with Crippen LogP contribution in [0.3, 0.4) is 0 Å². The van der Waals surface area contributed by atoms with E-state index in [0.717, 1.165) is 22.6 Å². The number of nitrogens with two attached hydrogens (primary N) is 1. The van der Waals surface area contributed by atoms with Gasteiger partial charge in [0.2, 0.25) is 0 Å². The molecule has 1 atom stereocenters. The van der Waals surface area contributed by atoms with Gasteiger partial charge in [0.1, 0.15) is 11.5 Å². The summed E-state index contributed by atoms with van der Waals surface area (Å²) in [5, 5.41) is 0. The van der Waals surface area contributed by atoms with Crippen LogP contribution in [-0.2, 0) is 0 Å². The van der Waals surface area contributed by atoms with E-state index in [2.05, 4.69) is 0 Å². The molecule has 0 amide bonds. The summed E-state index contributed by atoms with van der Waals surface area (Å²) in [6.45, 7) is 2.65. The van der Waals surface area contributed by atoms with Gasteiger partial charge in [-0.2, -0.15) is 0 Å². The summed E-state index contributed by atoms with van der Waals surface area (Å²) < 4.78 is 11.2. The van der Waals surface area contributed by atoms with Crippen molar-refractivity contribution < 1.29 is 9.47 Å². The number of hydrogen-bond acceptors (Lipinski definition) is 3. The van der Waals surface area contributed by atoms with Gasteiger partial charge >= 0.3 is 0 Å². The van der Waals surface area contributed by atoms with Crippen molar-refractivity contribution in [1.29, 1.82) is 0 Å². The molecule has 0 aliphatic heterocycles. The van der Waals surface area contributed by atoms with Gasteiger partial charge in [-0.1, -0.05) is 24.3 Å². The van der Waals surface area contributed by atoms with Crippen LogP contribution in [0.25, 0.3) is 0 Å². The van der Waals surface area contributed by atoms with Gasteiger partial charge in [0.15, 0.2) is 0 Å². The van der Waals surface area contributed by atoms with Gasteiger partial charge in [0.25, 0.3) is 0 Å². The predicted molar refractivity (Wildman–Crippen MR) is 83.7 cm³/mol. The fourth-order valence-electron chi connectivity index (χ4n) is 2.26. The molecule has 1 aliphatic carbocycles. The summed E-state index contributed by atoms with van der Waals surface area (Å²) in [6, 6.07) is 15.9. The third-order valence-electron chi connectivity index (χ3n) is 3.62. The predicted octanol–water partition coefficient (Wildman–Crippen LogP) is 3.67. The van der Waals surface area contributed by atoms with E-state index in [4.69, 9.17) is 15.2 Å². The van der Waals surface area contributed by atoms with Crippen LogP contribution in [0.2, 0.25) is 0 Å². The topological polar surface area (TPSA) is 44.5 Å². The van der Waals surface area contributed by atoms with Crippen LogP contribution in [0.4, 0.5) is 0 Å². The maximum Gasteiger partial charge on any atom is 0.119 e. The van der Waals surface area contributed by atoms with E-state index in [-0.39, 0.29) is 6.04 Å². The van der Waals surface area contributed by atoms with Gasteiger partial charge < -0.3 is 15.2 Å². The first-order chi connectivity index (χ1) is 10.3. The number of benzene rings is 2. The van der Waals surface area contributed by atoms with Crippen molar-refractivity contribution in [3.63, 3.8) is 0 Å². The molecule has 0 heterocycles. The summed E-state index contributed by atoms with van der Waals surface area (Å²) in [5.41, 5.74) is 8.49.